The summed E-state index contributed by atoms with van der Waals surface area (Å²) in [6, 6.07) is 17.1. The van der Waals surface area contributed by atoms with Gasteiger partial charge in [0, 0.05) is 173 Å². The minimum atomic E-state index is 0. The van der Waals surface area contributed by atoms with Crippen molar-refractivity contribution >= 4 is 0 Å². The van der Waals surface area contributed by atoms with Gasteiger partial charge in [0.05, 0.1) is 0 Å². The molecule has 0 N–H and O–H groups in total. The van der Waals surface area contributed by atoms with Crippen LogP contribution in [0.25, 0.3) is 0 Å². The van der Waals surface area contributed by atoms with Crippen LogP contribution in [0.15, 0.2) is 148 Å². The molecule has 0 atom stereocenters. The Bertz CT molecular complexity index is 2290. The molecule has 12 rings (SSSR count). The van der Waals surface area contributed by atoms with Crippen molar-refractivity contribution in [3.8, 4) is 0 Å². The first-order chi connectivity index (χ1) is 39.4. The molecule has 0 fully saturated rings. The van der Waals surface area contributed by atoms with E-state index in [0.29, 0.717) is 36.7 Å². The van der Waals surface area contributed by atoms with E-state index < -0.39 is 0 Å². The molecule has 0 amide bonds. The van der Waals surface area contributed by atoms with Crippen molar-refractivity contribution in [1.29, 1.82) is 0 Å². The third-order valence-corrected chi connectivity index (χ3v) is 9.61. The Labute approximate surface area is 547 Å². The van der Waals surface area contributed by atoms with Gasteiger partial charge in [-0.25, -0.2) is 0 Å². The molecule has 27 nitrogen and oxygen atoms in total. The van der Waals surface area contributed by atoms with Crippen molar-refractivity contribution < 1.29 is 63.2 Å². The van der Waals surface area contributed by atoms with Crippen molar-refractivity contribution in [2.45, 2.75) is 87.5 Å². The second-order valence-corrected chi connectivity index (χ2v) is 17.8. The van der Waals surface area contributed by atoms with Gasteiger partial charge in [0.15, 0.2) is 0 Å². The quantitative estimate of drug-likeness (QED) is 0.150. The van der Waals surface area contributed by atoms with Crippen LogP contribution in [0, 0.1) is 40.0 Å². The molecule has 0 radical (unpaired) electrons. The van der Waals surface area contributed by atoms with Crippen LogP contribution in [-0.4, -0.2) is 163 Å². The maximum atomic E-state index is 4.12. The van der Waals surface area contributed by atoms with Crippen LogP contribution in [0.3, 0.4) is 0 Å². The van der Waals surface area contributed by atoms with Crippen LogP contribution in [0.5, 0.6) is 0 Å². The van der Waals surface area contributed by atoms with E-state index in [0.717, 1.165) is 17.1 Å². The number of pyridine rings is 3. The van der Waals surface area contributed by atoms with Crippen molar-refractivity contribution in [1.82, 2.24) is 136 Å². The van der Waals surface area contributed by atoms with Crippen LogP contribution in [0.2, 0.25) is 0 Å². The summed E-state index contributed by atoms with van der Waals surface area (Å²) in [5.41, 5.74) is 2.77. The topological polar surface area (TPSA) is 236 Å². The van der Waals surface area contributed by atoms with E-state index in [2.05, 4.69) is 118 Å². The van der Waals surface area contributed by atoms with Crippen LogP contribution in [0.1, 0.15) is 103 Å². The van der Waals surface area contributed by atoms with Gasteiger partial charge in [0.2, 0.25) is 0 Å². The average Bonchev–Trinajstić information content (AvgIpc) is 4.49. The van der Waals surface area contributed by atoms with E-state index in [-0.39, 0.29) is 70.6 Å². The van der Waals surface area contributed by atoms with Crippen LogP contribution in [0.4, 0.5) is 0 Å². The second kappa shape index (κ2) is 46.1. The summed E-state index contributed by atoms with van der Waals surface area (Å²) in [6.07, 6.45) is 34.7. The Balaban J connectivity index is 0.000000959. The monoisotopic (exact) mass is 1710 g/mol. The van der Waals surface area contributed by atoms with E-state index in [9.17, 15) is 0 Å². The van der Waals surface area contributed by atoms with Gasteiger partial charge in [-0.2, -0.15) is 15.6 Å². The number of hydrogen-bond acceptors (Lipinski definition) is 24. The van der Waals surface area contributed by atoms with Crippen molar-refractivity contribution in [3.05, 3.63) is 222 Å². The number of hydrogen-bond donors (Lipinski definition) is 0. The third-order valence-electron chi connectivity index (χ3n) is 9.61. The van der Waals surface area contributed by atoms with Crippen LogP contribution in [-0.2, 0) is 82.5 Å². The predicted octanol–water partition coefficient (Wildman–Crippen LogP) is 6.05. The fourth-order valence-electron chi connectivity index (χ4n) is 6.14. The molecule has 476 valence electrons. The van der Waals surface area contributed by atoms with Crippen molar-refractivity contribution in [3.63, 3.8) is 0 Å². The Morgan fingerprint density at radius 3 is 0.659 bits per heavy atom. The van der Waals surface area contributed by atoms with E-state index in [4.69, 9.17) is 0 Å². The zero-order chi connectivity index (χ0) is 58.5. The van der Waals surface area contributed by atoms with Gasteiger partial charge in [0.1, 0.15) is 0 Å². The number of hydrazine groups is 3. The fraction of sp³-hybridized carbons (Fsp3) is 0.345. The molecule has 6 aliphatic rings. The predicted molar refractivity (Wildman–Crippen MR) is 313 cm³/mol. The molecule has 85 heavy (non-hydrogen) atoms. The minimum Gasteiger partial charge on any atom is -0.509 e. The first-order valence-corrected chi connectivity index (χ1v) is 26.3. The average molecular weight is 1710 g/mol. The molecule has 0 unspecified atom stereocenters. The maximum Gasteiger partial charge on any atom is 0.0451 e. The molecule has 0 saturated heterocycles. The number of rotatable bonds is 9. The Morgan fingerprint density at radius 2 is 0.529 bits per heavy atom. The summed E-state index contributed by atoms with van der Waals surface area (Å²) in [4.78, 5) is 24.4. The second-order valence-electron chi connectivity index (χ2n) is 17.8. The molecule has 6 aliphatic heterocycles. The summed E-state index contributed by atoms with van der Waals surface area (Å²) in [5.74, 6) is 1.82. The molecule has 0 bridgehead atoms. The third kappa shape index (κ3) is 32.0. The van der Waals surface area contributed by atoms with Crippen LogP contribution >= 0.6 is 0 Å². The summed E-state index contributed by atoms with van der Waals surface area (Å²) in [6.45, 7) is 24.8. The zero-order valence-corrected chi connectivity index (χ0v) is 56.4. The first kappa shape index (κ1) is 77.8. The molecular formula is C55H82N27Pt3-9. The largest absolute Gasteiger partial charge is 0.509 e. The molecule has 12 heterocycles. The van der Waals surface area contributed by atoms with E-state index in [1.54, 1.807) is 18.6 Å². The van der Waals surface area contributed by atoms with Gasteiger partial charge >= 0.3 is 0 Å². The van der Waals surface area contributed by atoms with E-state index >= 15 is 0 Å². The summed E-state index contributed by atoms with van der Waals surface area (Å²) in [7, 11) is 12.0. The van der Waals surface area contributed by atoms with Gasteiger partial charge in [-0.3, -0.25) is 45.9 Å². The summed E-state index contributed by atoms with van der Waals surface area (Å²) < 4.78 is 0. The minimum absolute atomic E-state index is 0. The molecule has 30 heteroatoms. The Kier molecular flexibility index (Phi) is 42.2. The standard InChI is InChI=1S/3C8H12N4.3C7H6N5.3C3H8.CH4.3Pt/c3*1-9-3-5-11(7-9)12-6-4-10(2)8-12;3*1-2-4-8-6(3-1)5-7-9-11-12-10-7;3*1-3-2;;;;/h3*3-8H,1-2H3;3*1-4H,5H2;3*3H2,1-2H3;1H4;;;/q3*-2;3*-1;;;;;;;. The summed E-state index contributed by atoms with van der Waals surface area (Å²) in [5, 5.41) is 54.5. The van der Waals surface area contributed by atoms with Crippen LogP contribution < -0.4 is 15.3 Å². The van der Waals surface area contributed by atoms with E-state index in [1.807, 2.05) is 271 Å². The molecule has 6 aromatic rings. The molecule has 0 spiro atoms. The van der Waals surface area contributed by atoms with Gasteiger partial charge in [-0.05, 0) is 116 Å². The molecule has 6 aromatic heterocycles. The first-order valence-electron chi connectivity index (χ1n) is 26.3. The molecular weight excluding hydrogens is 1620 g/mol. The van der Waals surface area contributed by atoms with E-state index in [1.165, 1.54) is 19.3 Å². The van der Waals surface area contributed by atoms with Crippen molar-refractivity contribution in [2.24, 2.45) is 0 Å². The SMILES string of the molecule is C.CCC.CCC.CCC.CN1C=CN(N2C=CN(C)[CH-]2)[CH-]1.CN1C=CN(N2C=CN(C)[CH-]2)[CH-]1.CN1C=CN(N2C=CN(C)[CH-]2)[CH-]1.[Pt].[Pt].[Pt].c1ccc(Cc2nnn[n-]2)nc1.c1ccc(Cc2nnn[n-]2)nc1.c1ccc(Cc2nnn[n-]2)nc1. The Morgan fingerprint density at radius 1 is 0.329 bits per heavy atom. The van der Waals surface area contributed by atoms with Crippen molar-refractivity contribution in [2.75, 3.05) is 42.3 Å². The zero-order valence-electron chi connectivity index (χ0n) is 49.6. The fourth-order valence-corrected chi connectivity index (χ4v) is 6.14. The maximum absolute atomic E-state index is 4.12. The smallest absolute Gasteiger partial charge is 0.0451 e. The number of aromatic nitrogens is 15. The number of tetrazole rings is 3. The van der Waals surface area contributed by atoms with Gasteiger partial charge in [-0.1, -0.05) is 86.4 Å². The van der Waals surface area contributed by atoms with Gasteiger partial charge in [-0.15, -0.1) is 40.0 Å². The van der Waals surface area contributed by atoms with Gasteiger partial charge < -0.3 is 74.7 Å². The number of nitrogens with zero attached hydrogens (tertiary/aromatic N) is 27. The normalized spacial score (nSPS) is 14.1. The molecule has 0 aromatic carbocycles. The Hall–Kier alpha value is -7.24. The molecule has 0 saturated carbocycles. The van der Waals surface area contributed by atoms with Gasteiger partial charge in [0.25, 0.3) is 0 Å². The molecule has 0 aliphatic carbocycles. The summed E-state index contributed by atoms with van der Waals surface area (Å²) >= 11 is 0.